The lowest BCUT2D eigenvalue weighted by molar-refractivity contribution is -0.153. The van der Waals surface area contributed by atoms with E-state index in [0.717, 1.165) is 18.4 Å². The first-order chi connectivity index (χ1) is 12.1. The molecule has 2 saturated heterocycles. The Balaban J connectivity index is 1.60. The molecular formula is C18H25FN4O2. The number of benzene rings is 1. The molecule has 2 aliphatic rings. The first-order valence-corrected chi connectivity index (χ1v) is 8.86. The van der Waals surface area contributed by atoms with E-state index in [2.05, 4.69) is 10.2 Å². The molecule has 1 aromatic rings. The first-order valence-electron chi connectivity index (χ1n) is 8.86. The van der Waals surface area contributed by atoms with Gasteiger partial charge in [-0.05, 0) is 43.5 Å². The van der Waals surface area contributed by atoms with Gasteiger partial charge in [0.15, 0.2) is 0 Å². The van der Waals surface area contributed by atoms with Crippen molar-refractivity contribution in [3.05, 3.63) is 35.6 Å². The lowest BCUT2D eigenvalue weighted by Crippen LogP contribution is -2.69. The average Bonchev–Trinajstić information content (AvgIpc) is 2.59. The Kier molecular flexibility index (Phi) is 5.65. The van der Waals surface area contributed by atoms with E-state index in [4.69, 9.17) is 5.73 Å². The lowest BCUT2D eigenvalue weighted by atomic mass is 10.00. The molecule has 2 fully saturated rings. The van der Waals surface area contributed by atoms with Gasteiger partial charge in [-0.15, -0.1) is 0 Å². The SMILES string of the molecule is NCCCC[C@@H]1NC(=O)[C@H]2CN(Cc3cccc(F)c3)CCN2C1=O. The quantitative estimate of drug-likeness (QED) is 0.733. The first kappa shape index (κ1) is 17.8. The van der Waals surface area contributed by atoms with Crippen molar-refractivity contribution in [2.24, 2.45) is 5.73 Å². The fraction of sp³-hybridized carbons (Fsp3) is 0.556. The number of carbonyl (C=O) groups excluding carboxylic acids is 2. The molecule has 7 heteroatoms. The third-order valence-electron chi connectivity index (χ3n) is 4.91. The van der Waals surface area contributed by atoms with E-state index in [1.54, 1.807) is 11.0 Å². The van der Waals surface area contributed by atoms with Crippen LogP contribution in [0.15, 0.2) is 24.3 Å². The summed E-state index contributed by atoms with van der Waals surface area (Å²) in [6, 6.07) is 5.59. The average molecular weight is 348 g/mol. The van der Waals surface area contributed by atoms with E-state index in [9.17, 15) is 14.0 Å². The van der Waals surface area contributed by atoms with E-state index < -0.39 is 12.1 Å². The molecule has 0 radical (unpaired) electrons. The number of rotatable bonds is 6. The Bertz CT molecular complexity index is 639. The number of hydrogen-bond acceptors (Lipinski definition) is 4. The van der Waals surface area contributed by atoms with Gasteiger partial charge in [-0.25, -0.2) is 4.39 Å². The highest BCUT2D eigenvalue weighted by atomic mass is 19.1. The van der Waals surface area contributed by atoms with Gasteiger partial charge in [-0.1, -0.05) is 12.1 Å². The lowest BCUT2D eigenvalue weighted by Gasteiger charge is -2.45. The summed E-state index contributed by atoms with van der Waals surface area (Å²) in [5.74, 6) is -0.352. The molecule has 3 N–H and O–H groups in total. The highest BCUT2D eigenvalue weighted by Crippen LogP contribution is 2.20. The van der Waals surface area contributed by atoms with Crippen molar-refractivity contribution in [3.63, 3.8) is 0 Å². The molecule has 6 nitrogen and oxygen atoms in total. The molecule has 0 unspecified atom stereocenters. The molecule has 0 saturated carbocycles. The zero-order chi connectivity index (χ0) is 17.8. The molecule has 25 heavy (non-hydrogen) atoms. The van der Waals surface area contributed by atoms with Crippen LogP contribution in [0.2, 0.25) is 0 Å². The molecule has 3 rings (SSSR count). The summed E-state index contributed by atoms with van der Waals surface area (Å²) < 4.78 is 13.3. The van der Waals surface area contributed by atoms with Crippen molar-refractivity contribution >= 4 is 11.8 Å². The van der Waals surface area contributed by atoms with E-state index in [0.29, 0.717) is 39.1 Å². The maximum absolute atomic E-state index is 13.3. The highest BCUT2D eigenvalue weighted by molar-refractivity contribution is 5.97. The van der Waals surface area contributed by atoms with Crippen molar-refractivity contribution in [3.8, 4) is 0 Å². The number of halogens is 1. The summed E-state index contributed by atoms with van der Waals surface area (Å²) in [5.41, 5.74) is 6.36. The van der Waals surface area contributed by atoms with Gasteiger partial charge >= 0.3 is 0 Å². The minimum Gasteiger partial charge on any atom is -0.342 e. The molecule has 2 aliphatic heterocycles. The van der Waals surface area contributed by atoms with Crippen LogP contribution in [0.1, 0.15) is 24.8 Å². The fourth-order valence-electron chi connectivity index (χ4n) is 3.58. The van der Waals surface area contributed by atoms with Crippen molar-refractivity contribution in [2.75, 3.05) is 26.2 Å². The third kappa shape index (κ3) is 4.16. The van der Waals surface area contributed by atoms with Gasteiger partial charge in [-0.3, -0.25) is 14.5 Å². The van der Waals surface area contributed by atoms with E-state index in [1.165, 1.54) is 12.1 Å². The van der Waals surface area contributed by atoms with Crippen LogP contribution in [-0.2, 0) is 16.1 Å². The van der Waals surface area contributed by atoms with Gasteiger partial charge < -0.3 is 16.0 Å². The van der Waals surface area contributed by atoms with Crippen LogP contribution >= 0.6 is 0 Å². The van der Waals surface area contributed by atoms with Crippen molar-refractivity contribution in [1.82, 2.24) is 15.1 Å². The standard InChI is InChI=1S/C18H25FN4O2/c19-14-5-3-4-13(10-14)11-22-8-9-23-16(12-22)17(24)21-15(18(23)25)6-1-2-7-20/h3-5,10,15-16H,1-2,6-9,11-12,20H2,(H,21,24)/t15-,16+/m0/s1. The van der Waals surface area contributed by atoms with Crippen LogP contribution in [0.3, 0.4) is 0 Å². The Morgan fingerprint density at radius 1 is 1.24 bits per heavy atom. The van der Waals surface area contributed by atoms with Gasteiger partial charge in [0.1, 0.15) is 17.9 Å². The molecule has 2 amide bonds. The summed E-state index contributed by atoms with van der Waals surface area (Å²) in [7, 11) is 0. The van der Waals surface area contributed by atoms with Crippen LogP contribution in [0.4, 0.5) is 4.39 Å². The Labute approximate surface area is 147 Å². The topological polar surface area (TPSA) is 78.7 Å². The molecule has 2 atom stereocenters. The van der Waals surface area contributed by atoms with Crippen LogP contribution in [-0.4, -0.2) is 59.9 Å². The zero-order valence-electron chi connectivity index (χ0n) is 14.3. The second-order valence-electron chi connectivity index (χ2n) is 6.76. The van der Waals surface area contributed by atoms with Gasteiger partial charge in [0.05, 0.1) is 0 Å². The second-order valence-corrected chi connectivity index (χ2v) is 6.76. The predicted molar refractivity (Wildman–Crippen MR) is 92.0 cm³/mol. The van der Waals surface area contributed by atoms with Gasteiger partial charge in [0, 0.05) is 26.2 Å². The van der Waals surface area contributed by atoms with Crippen LogP contribution < -0.4 is 11.1 Å². The van der Waals surface area contributed by atoms with E-state index >= 15 is 0 Å². The summed E-state index contributed by atoms with van der Waals surface area (Å²) in [6.07, 6.45) is 2.32. The van der Waals surface area contributed by atoms with E-state index in [-0.39, 0.29) is 17.6 Å². The van der Waals surface area contributed by atoms with E-state index in [1.807, 2.05) is 6.07 Å². The van der Waals surface area contributed by atoms with Crippen molar-refractivity contribution in [1.29, 1.82) is 0 Å². The number of fused-ring (bicyclic) bond motifs is 1. The Morgan fingerprint density at radius 3 is 2.84 bits per heavy atom. The van der Waals surface area contributed by atoms with Crippen LogP contribution in [0.25, 0.3) is 0 Å². The number of piperazine rings is 2. The number of hydrogen-bond donors (Lipinski definition) is 2. The molecule has 0 spiro atoms. The number of nitrogens with two attached hydrogens (primary N) is 1. The van der Waals surface area contributed by atoms with Crippen molar-refractivity contribution in [2.45, 2.75) is 37.9 Å². The fourth-order valence-corrected chi connectivity index (χ4v) is 3.58. The van der Waals surface area contributed by atoms with Crippen LogP contribution in [0, 0.1) is 5.82 Å². The van der Waals surface area contributed by atoms with Gasteiger partial charge in [-0.2, -0.15) is 0 Å². The summed E-state index contributed by atoms with van der Waals surface area (Å²) in [4.78, 5) is 28.9. The summed E-state index contributed by atoms with van der Waals surface area (Å²) in [6.45, 7) is 2.85. The molecule has 2 heterocycles. The number of nitrogens with one attached hydrogen (secondary N) is 1. The predicted octanol–water partition coefficient (Wildman–Crippen LogP) is 0.466. The summed E-state index contributed by atoms with van der Waals surface area (Å²) >= 11 is 0. The molecule has 0 aliphatic carbocycles. The number of amides is 2. The Morgan fingerprint density at radius 2 is 2.08 bits per heavy atom. The minimum absolute atomic E-state index is 0.00651. The van der Waals surface area contributed by atoms with Crippen LogP contribution in [0.5, 0.6) is 0 Å². The van der Waals surface area contributed by atoms with Gasteiger partial charge in [0.25, 0.3) is 0 Å². The molecule has 0 bridgehead atoms. The number of nitrogens with zero attached hydrogens (tertiary/aromatic N) is 2. The maximum atomic E-state index is 13.3. The Hall–Kier alpha value is -1.99. The maximum Gasteiger partial charge on any atom is 0.245 e. The number of unbranched alkanes of at least 4 members (excludes halogenated alkanes) is 1. The smallest absolute Gasteiger partial charge is 0.245 e. The normalized spacial score (nSPS) is 24.2. The molecule has 0 aromatic heterocycles. The molecule has 136 valence electrons. The molecular weight excluding hydrogens is 323 g/mol. The van der Waals surface area contributed by atoms with Crippen molar-refractivity contribution < 1.29 is 14.0 Å². The third-order valence-corrected chi connectivity index (χ3v) is 4.91. The monoisotopic (exact) mass is 348 g/mol. The minimum atomic E-state index is -0.458. The highest BCUT2D eigenvalue weighted by Gasteiger charge is 2.42. The zero-order valence-corrected chi connectivity index (χ0v) is 14.3. The number of carbonyl (C=O) groups is 2. The second kappa shape index (κ2) is 7.93. The largest absolute Gasteiger partial charge is 0.342 e. The molecule has 1 aromatic carbocycles. The summed E-state index contributed by atoms with van der Waals surface area (Å²) in [5, 5.41) is 2.86. The van der Waals surface area contributed by atoms with Gasteiger partial charge in [0.2, 0.25) is 11.8 Å².